The summed E-state index contributed by atoms with van der Waals surface area (Å²) in [6.07, 6.45) is 3.92. The largest absolute Gasteiger partial charge is 0.504 e. The van der Waals surface area contributed by atoms with Crippen LogP contribution in [0.3, 0.4) is 0 Å². The number of methoxy groups -OCH3 is 1. The van der Waals surface area contributed by atoms with E-state index >= 15 is 0 Å². The predicted molar refractivity (Wildman–Crippen MR) is 75.0 cm³/mol. The first-order valence-corrected chi connectivity index (χ1v) is 5.87. The van der Waals surface area contributed by atoms with Crippen LogP contribution in [0.2, 0.25) is 5.02 Å². The van der Waals surface area contributed by atoms with Gasteiger partial charge in [-0.05, 0) is 35.4 Å². The van der Waals surface area contributed by atoms with Crippen LogP contribution in [0.1, 0.15) is 11.1 Å². The van der Waals surface area contributed by atoms with Gasteiger partial charge in [-0.25, -0.2) is 0 Å². The van der Waals surface area contributed by atoms with E-state index in [4.69, 9.17) is 16.3 Å². The molecule has 0 unspecified atom stereocenters. The molecule has 1 N–H and O–H groups in total. The first-order chi connectivity index (χ1) is 8.69. The summed E-state index contributed by atoms with van der Waals surface area (Å²) in [5.41, 5.74) is 2.02. The topological polar surface area (TPSA) is 29.5 Å². The standard InChI is InChI=1S/C15H13ClO2/c1-18-15-10-12(6-9-14(15)17)3-2-11-4-7-13(16)8-5-11/h2-10,17H,1H3/b3-2+. The van der Waals surface area contributed by atoms with Gasteiger partial charge in [0.1, 0.15) is 0 Å². The lowest BCUT2D eigenvalue weighted by Gasteiger charge is -2.03. The second-order valence-corrected chi connectivity index (χ2v) is 4.25. The minimum atomic E-state index is 0.140. The average Bonchev–Trinajstić information content (AvgIpc) is 2.39. The van der Waals surface area contributed by atoms with Crippen LogP contribution in [-0.2, 0) is 0 Å². The number of aromatic hydroxyl groups is 1. The van der Waals surface area contributed by atoms with E-state index in [0.29, 0.717) is 5.75 Å². The Balaban J connectivity index is 2.20. The molecule has 0 radical (unpaired) electrons. The summed E-state index contributed by atoms with van der Waals surface area (Å²) in [6, 6.07) is 12.8. The van der Waals surface area contributed by atoms with Gasteiger partial charge in [-0.3, -0.25) is 0 Å². The lowest BCUT2D eigenvalue weighted by Crippen LogP contribution is -1.84. The molecule has 0 aliphatic rings. The van der Waals surface area contributed by atoms with Crippen molar-refractivity contribution in [3.63, 3.8) is 0 Å². The van der Waals surface area contributed by atoms with Crippen molar-refractivity contribution in [2.24, 2.45) is 0 Å². The zero-order valence-electron chi connectivity index (χ0n) is 9.93. The van der Waals surface area contributed by atoms with Gasteiger partial charge in [0.05, 0.1) is 7.11 Å². The van der Waals surface area contributed by atoms with E-state index in [1.807, 2.05) is 42.5 Å². The molecule has 2 aromatic carbocycles. The summed E-state index contributed by atoms with van der Waals surface area (Å²) in [6.45, 7) is 0. The molecule has 92 valence electrons. The van der Waals surface area contributed by atoms with Crippen LogP contribution in [0.15, 0.2) is 42.5 Å². The van der Waals surface area contributed by atoms with Gasteiger partial charge in [0.2, 0.25) is 0 Å². The molecule has 0 heterocycles. The quantitative estimate of drug-likeness (QED) is 0.837. The maximum Gasteiger partial charge on any atom is 0.161 e. The van der Waals surface area contributed by atoms with Crippen molar-refractivity contribution in [2.45, 2.75) is 0 Å². The van der Waals surface area contributed by atoms with Crippen molar-refractivity contribution in [3.8, 4) is 11.5 Å². The smallest absolute Gasteiger partial charge is 0.161 e. The van der Waals surface area contributed by atoms with Crippen LogP contribution in [-0.4, -0.2) is 12.2 Å². The van der Waals surface area contributed by atoms with Crippen LogP contribution in [0.4, 0.5) is 0 Å². The van der Waals surface area contributed by atoms with Crippen molar-refractivity contribution >= 4 is 23.8 Å². The normalized spacial score (nSPS) is 10.8. The van der Waals surface area contributed by atoms with Gasteiger partial charge in [-0.2, -0.15) is 0 Å². The SMILES string of the molecule is COc1cc(/C=C/c2ccc(Cl)cc2)ccc1O. The van der Waals surface area contributed by atoms with E-state index in [2.05, 4.69) is 0 Å². The summed E-state index contributed by atoms with van der Waals surface area (Å²) in [4.78, 5) is 0. The van der Waals surface area contributed by atoms with Crippen molar-refractivity contribution in [1.29, 1.82) is 0 Å². The molecule has 2 nitrogen and oxygen atoms in total. The van der Waals surface area contributed by atoms with Gasteiger partial charge in [-0.1, -0.05) is 42.0 Å². The molecule has 0 amide bonds. The second-order valence-electron chi connectivity index (χ2n) is 3.82. The minimum Gasteiger partial charge on any atom is -0.504 e. The minimum absolute atomic E-state index is 0.140. The van der Waals surface area contributed by atoms with E-state index in [0.717, 1.165) is 16.1 Å². The van der Waals surface area contributed by atoms with Gasteiger partial charge in [0.15, 0.2) is 11.5 Å². The maximum atomic E-state index is 9.49. The zero-order chi connectivity index (χ0) is 13.0. The molecule has 0 aliphatic carbocycles. The predicted octanol–water partition coefficient (Wildman–Crippen LogP) is 4.22. The number of phenolic OH excluding ortho intramolecular Hbond substituents is 1. The van der Waals surface area contributed by atoms with Crippen LogP contribution in [0.25, 0.3) is 12.2 Å². The lowest BCUT2D eigenvalue weighted by atomic mass is 10.1. The first-order valence-electron chi connectivity index (χ1n) is 5.50. The van der Waals surface area contributed by atoms with Crippen LogP contribution >= 0.6 is 11.6 Å². The Morgan fingerprint density at radius 3 is 2.28 bits per heavy atom. The molecular weight excluding hydrogens is 248 g/mol. The van der Waals surface area contributed by atoms with Gasteiger partial charge in [-0.15, -0.1) is 0 Å². The number of hydrogen-bond acceptors (Lipinski definition) is 2. The highest BCUT2D eigenvalue weighted by atomic mass is 35.5. The van der Waals surface area contributed by atoms with Crippen molar-refractivity contribution in [3.05, 3.63) is 58.6 Å². The third-order valence-electron chi connectivity index (χ3n) is 2.54. The molecule has 0 fully saturated rings. The monoisotopic (exact) mass is 260 g/mol. The summed E-state index contributed by atoms with van der Waals surface area (Å²) >= 11 is 5.82. The number of phenols is 1. The molecule has 0 spiro atoms. The van der Waals surface area contributed by atoms with Crippen LogP contribution < -0.4 is 4.74 Å². The first kappa shape index (κ1) is 12.5. The maximum absolute atomic E-state index is 9.49. The highest BCUT2D eigenvalue weighted by Gasteiger charge is 2.00. The van der Waals surface area contributed by atoms with E-state index in [9.17, 15) is 5.11 Å². The third-order valence-corrected chi connectivity index (χ3v) is 2.79. The fraction of sp³-hybridized carbons (Fsp3) is 0.0667. The van der Waals surface area contributed by atoms with Gasteiger partial charge >= 0.3 is 0 Å². The third kappa shape index (κ3) is 3.05. The Morgan fingerprint density at radius 2 is 1.61 bits per heavy atom. The molecule has 18 heavy (non-hydrogen) atoms. The Morgan fingerprint density at radius 1 is 1.00 bits per heavy atom. The van der Waals surface area contributed by atoms with Gasteiger partial charge < -0.3 is 9.84 Å². The molecule has 0 aliphatic heterocycles. The van der Waals surface area contributed by atoms with E-state index in [-0.39, 0.29) is 5.75 Å². The summed E-state index contributed by atoms with van der Waals surface area (Å²) in [5.74, 6) is 0.606. The summed E-state index contributed by atoms with van der Waals surface area (Å²) in [7, 11) is 1.53. The van der Waals surface area contributed by atoms with Gasteiger partial charge in [0.25, 0.3) is 0 Å². The molecule has 0 aromatic heterocycles. The fourth-order valence-electron chi connectivity index (χ4n) is 1.56. The van der Waals surface area contributed by atoms with Crippen LogP contribution in [0, 0.1) is 0 Å². The summed E-state index contributed by atoms with van der Waals surface area (Å²) in [5, 5.41) is 10.2. The number of benzene rings is 2. The number of halogens is 1. The van der Waals surface area contributed by atoms with Crippen molar-refractivity contribution in [2.75, 3.05) is 7.11 Å². The van der Waals surface area contributed by atoms with Crippen molar-refractivity contribution in [1.82, 2.24) is 0 Å². The number of ether oxygens (including phenoxy) is 1. The van der Waals surface area contributed by atoms with E-state index in [1.54, 1.807) is 12.1 Å². The highest BCUT2D eigenvalue weighted by Crippen LogP contribution is 2.27. The Kier molecular flexibility index (Phi) is 3.90. The van der Waals surface area contributed by atoms with E-state index in [1.165, 1.54) is 7.11 Å². The molecule has 3 heteroatoms. The zero-order valence-corrected chi connectivity index (χ0v) is 10.7. The average molecular weight is 261 g/mol. The Labute approximate surface area is 111 Å². The molecular formula is C15H13ClO2. The fourth-order valence-corrected chi connectivity index (χ4v) is 1.69. The van der Waals surface area contributed by atoms with Crippen molar-refractivity contribution < 1.29 is 9.84 Å². The molecule has 0 bridgehead atoms. The second kappa shape index (κ2) is 5.61. The molecule has 0 saturated carbocycles. The highest BCUT2D eigenvalue weighted by molar-refractivity contribution is 6.30. The van der Waals surface area contributed by atoms with E-state index < -0.39 is 0 Å². The molecule has 0 saturated heterocycles. The Bertz CT molecular complexity index is 559. The molecule has 2 aromatic rings. The summed E-state index contributed by atoms with van der Waals surface area (Å²) < 4.78 is 5.05. The van der Waals surface area contributed by atoms with Gasteiger partial charge in [0, 0.05) is 5.02 Å². The number of hydrogen-bond donors (Lipinski definition) is 1. The molecule has 0 atom stereocenters. The molecule has 2 rings (SSSR count). The number of rotatable bonds is 3. The van der Waals surface area contributed by atoms with Crippen LogP contribution in [0.5, 0.6) is 11.5 Å². The Hall–Kier alpha value is -1.93. The lowest BCUT2D eigenvalue weighted by molar-refractivity contribution is 0.373.